The topological polar surface area (TPSA) is 72.9 Å². The van der Waals surface area contributed by atoms with E-state index in [2.05, 4.69) is 45.6 Å². The van der Waals surface area contributed by atoms with Gasteiger partial charge in [-0.05, 0) is 24.0 Å². The van der Waals surface area contributed by atoms with Crippen LogP contribution in [0, 0.1) is 0 Å². The van der Waals surface area contributed by atoms with Gasteiger partial charge in [0.05, 0.1) is 11.6 Å². The van der Waals surface area contributed by atoms with E-state index in [9.17, 15) is 0 Å². The fraction of sp³-hybridized carbons (Fsp3) is 0.267. The van der Waals surface area contributed by atoms with Crippen molar-refractivity contribution in [2.45, 2.75) is 11.4 Å². The van der Waals surface area contributed by atoms with E-state index in [1.54, 1.807) is 22.6 Å². The van der Waals surface area contributed by atoms with E-state index < -0.39 is 0 Å². The third-order valence-electron chi connectivity index (χ3n) is 3.53. The number of rotatable bonds is 4. The molecule has 0 saturated carbocycles. The lowest BCUT2D eigenvalue weighted by Crippen LogP contribution is -2.20. The van der Waals surface area contributed by atoms with Gasteiger partial charge in [-0.2, -0.15) is 15.1 Å². The van der Waals surface area contributed by atoms with Gasteiger partial charge in [-0.3, -0.25) is 4.68 Å². The minimum atomic E-state index is 0.456. The summed E-state index contributed by atoms with van der Waals surface area (Å²) >= 11 is 1.73. The van der Waals surface area contributed by atoms with Crippen LogP contribution in [0.4, 0.5) is 11.8 Å². The first-order valence-corrected chi connectivity index (χ1v) is 8.10. The second kappa shape index (κ2) is 5.84. The Balaban J connectivity index is 1.87. The van der Waals surface area contributed by atoms with E-state index in [0.29, 0.717) is 11.8 Å². The molecule has 0 aliphatic carbocycles. The van der Waals surface area contributed by atoms with Crippen LogP contribution in [0.15, 0.2) is 35.4 Å². The summed E-state index contributed by atoms with van der Waals surface area (Å²) in [5, 5.41) is 4.95. The number of nitrogens with two attached hydrogens (primary N) is 1. The van der Waals surface area contributed by atoms with E-state index in [1.165, 1.54) is 10.5 Å². The molecule has 0 spiro atoms. The summed E-state index contributed by atoms with van der Waals surface area (Å²) in [5.41, 5.74) is 7.95. The number of thioether (sulfide) groups is 1. The summed E-state index contributed by atoms with van der Waals surface area (Å²) in [5.74, 6) is 1.06. The molecular weight excluding hydrogens is 296 g/mol. The number of nitrogen functional groups attached to an aromatic ring is 1. The Kier molecular flexibility index (Phi) is 3.89. The Bertz CT molecular complexity index is 796. The molecule has 3 aromatic rings. The van der Waals surface area contributed by atoms with E-state index >= 15 is 0 Å². The van der Waals surface area contributed by atoms with Crippen molar-refractivity contribution < 1.29 is 0 Å². The minimum Gasteiger partial charge on any atom is -0.383 e. The predicted octanol–water partition coefficient (Wildman–Crippen LogP) is 2.30. The molecule has 2 N–H and O–H groups in total. The van der Waals surface area contributed by atoms with Crippen LogP contribution in [0.2, 0.25) is 0 Å². The number of fused-ring (bicyclic) bond motifs is 1. The van der Waals surface area contributed by atoms with Gasteiger partial charge in [0.2, 0.25) is 5.95 Å². The van der Waals surface area contributed by atoms with Crippen molar-refractivity contribution in [2.75, 3.05) is 23.9 Å². The van der Waals surface area contributed by atoms with Crippen molar-refractivity contribution in [3.8, 4) is 0 Å². The van der Waals surface area contributed by atoms with Crippen molar-refractivity contribution in [3.05, 3.63) is 36.0 Å². The van der Waals surface area contributed by atoms with Crippen molar-refractivity contribution >= 4 is 34.6 Å². The molecule has 0 bridgehead atoms. The maximum absolute atomic E-state index is 6.01. The molecule has 0 aliphatic rings. The normalized spacial score (nSPS) is 11.0. The van der Waals surface area contributed by atoms with Gasteiger partial charge >= 0.3 is 0 Å². The first kappa shape index (κ1) is 14.6. The summed E-state index contributed by atoms with van der Waals surface area (Å²) < 4.78 is 1.71. The third kappa shape index (κ3) is 2.71. The Morgan fingerprint density at radius 2 is 1.95 bits per heavy atom. The molecular formula is C15H18N6S. The van der Waals surface area contributed by atoms with Crippen LogP contribution in [0.3, 0.4) is 0 Å². The highest BCUT2D eigenvalue weighted by molar-refractivity contribution is 7.98. The smallest absolute Gasteiger partial charge is 0.229 e. The molecule has 6 nitrogen and oxygen atoms in total. The largest absolute Gasteiger partial charge is 0.383 e. The van der Waals surface area contributed by atoms with Crippen molar-refractivity contribution in [2.24, 2.45) is 7.05 Å². The van der Waals surface area contributed by atoms with Gasteiger partial charge in [0.25, 0.3) is 0 Å². The van der Waals surface area contributed by atoms with Gasteiger partial charge < -0.3 is 10.6 Å². The number of nitrogens with zero attached hydrogens (tertiary/aromatic N) is 5. The molecule has 0 aliphatic heterocycles. The first-order chi connectivity index (χ1) is 10.6. The standard InChI is InChI=1S/C15H18N6S/c1-20(9-10-4-6-11(22-3)7-5-10)15-18-13(16)12-8-17-21(2)14(12)19-15/h4-8H,9H2,1-3H3,(H2,16,18,19). The lowest BCUT2D eigenvalue weighted by molar-refractivity contribution is 0.781. The van der Waals surface area contributed by atoms with Crippen LogP contribution in [0.5, 0.6) is 0 Å². The predicted molar refractivity (Wildman–Crippen MR) is 91.0 cm³/mol. The zero-order chi connectivity index (χ0) is 15.7. The van der Waals surface area contributed by atoms with Crippen molar-refractivity contribution in [1.82, 2.24) is 19.7 Å². The summed E-state index contributed by atoms with van der Waals surface area (Å²) in [4.78, 5) is 12.2. The van der Waals surface area contributed by atoms with Crippen molar-refractivity contribution in [1.29, 1.82) is 0 Å². The van der Waals surface area contributed by atoms with Crippen molar-refractivity contribution in [3.63, 3.8) is 0 Å². The Hall–Kier alpha value is -2.28. The average Bonchev–Trinajstić information content (AvgIpc) is 2.90. The molecule has 0 radical (unpaired) electrons. The summed E-state index contributed by atoms with van der Waals surface area (Å²) in [6.07, 6.45) is 3.76. The second-order valence-electron chi connectivity index (χ2n) is 5.12. The maximum atomic E-state index is 6.01. The molecule has 0 amide bonds. The molecule has 3 rings (SSSR count). The number of benzene rings is 1. The van der Waals surface area contributed by atoms with Crippen LogP contribution >= 0.6 is 11.8 Å². The van der Waals surface area contributed by atoms with Gasteiger partial charge in [0.1, 0.15) is 5.82 Å². The maximum Gasteiger partial charge on any atom is 0.229 e. The monoisotopic (exact) mass is 314 g/mol. The molecule has 0 atom stereocenters. The molecule has 0 saturated heterocycles. The van der Waals surface area contributed by atoms with Gasteiger partial charge in [-0.15, -0.1) is 11.8 Å². The van der Waals surface area contributed by atoms with Gasteiger partial charge in [-0.1, -0.05) is 12.1 Å². The fourth-order valence-corrected chi connectivity index (χ4v) is 2.69. The quantitative estimate of drug-likeness (QED) is 0.745. The first-order valence-electron chi connectivity index (χ1n) is 6.88. The molecule has 0 fully saturated rings. The van der Waals surface area contributed by atoms with E-state index in [1.807, 2.05) is 19.0 Å². The van der Waals surface area contributed by atoms with Crippen LogP contribution in [0.1, 0.15) is 5.56 Å². The van der Waals surface area contributed by atoms with Gasteiger partial charge in [0, 0.05) is 25.5 Å². The summed E-state index contributed by atoms with van der Waals surface area (Å²) in [6, 6.07) is 8.48. The van der Waals surface area contributed by atoms with E-state index in [-0.39, 0.29) is 0 Å². The van der Waals surface area contributed by atoms with E-state index in [0.717, 1.165) is 17.6 Å². The Morgan fingerprint density at radius 1 is 1.23 bits per heavy atom. The zero-order valence-electron chi connectivity index (χ0n) is 12.8. The number of anilines is 2. The molecule has 7 heteroatoms. The zero-order valence-corrected chi connectivity index (χ0v) is 13.6. The van der Waals surface area contributed by atoms with Crippen LogP contribution < -0.4 is 10.6 Å². The highest BCUT2D eigenvalue weighted by Gasteiger charge is 2.12. The van der Waals surface area contributed by atoms with Crippen LogP contribution in [-0.4, -0.2) is 33.1 Å². The third-order valence-corrected chi connectivity index (χ3v) is 4.27. The molecule has 1 aromatic carbocycles. The molecule has 22 heavy (non-hydrogen) atoms. The molecule has 0 unspecified atom stereocenters. The molecule has 2 aromatic heterocycles. The number of aromatic nitrogens is 4. The highest BCUT2D eigenvalue weighted by atomic mass is 32.2. The lowest BCUT2D eigenvalue weighted by atomic mass is 10.2. The molecule has 114 valence electrons. The summed E-state index contributed by atoms with van der Waals surface area (Å²) in [7, 11) is 3.80. The lowest BCUT2D eigenvalue weighted by Gasteiger charge is -2.17. The average molecular weight is 314 g/mol. The Morgan fingerprint density at radius 3 is 2.64 bits per heavy atom. The summed E-state index contributed by atoms with van der Waals surface area (Å²) in [6.45, 7) is 0.720. The highest BCUT2D eigenvalue weighted by Crippen LogP contribution is 2.21. The number of hydrogen-bond donors (Lipinski definition) is 1. The molecule has 2 heterocycles. The Labute approximate surface area is 133 Å². The fourth-order valence-electron chi connectivity index (χ4n) is 2.28. The second-order valence-corrected chi connectivity index (χ2v) is 6.00. The number of aryl methyl sites for hydroxylation is 1. The SMILES string of the molecule is CSc1ccc(CN(C)c2nc(N)c3cnn(C)c3n2)cc1. The van der Waals surface area contributed by atoms with E-state index in [4.69, 9.17) is 5.73 Å². The minimum absolute atomic E-state index is 0.456. The van der Waals surface area contributed by atoms with Gasteiger partial charge in [-0.25, -0.2) is 0 Å². The van der Waals surface area contributed by atoms with Gasteiger partial charge in [0.15, 0.2) is 5.65 Å². The van der Waals surface area contributed by atoms with Crippen LogP contribution in [0.25, 0.3) is 11.0 Å². The number of hydrogen-bond acceptors (Lipinski definition) is 6. The van der Waals surface area contributed by atoms with Crippen LogP contribution in [-0.2, 0) is 13.6 Å².